The largest absolute Gasteiger partial charge is 0.507 e. The topological polar surface area (TPSA) is 120 Å². The van der Waals surface area contributed by atoms with Crippen LogP contribution in [0.5, 0.6) is 5.75 Å². The average molecular weight is 824 g/mol. The summed E-state index contributed by atoms with van der Waals surface area (Å²) in [5, 5.41) is 11.9. The number of hydrogen-bond donors (Lipinski definition) is 2. The number of amides is 4. The van der Waals surface area contributed by atoms with Crippen LogP contribution >= 0.6 is 34.8 Å². The molecule has 2 aliphatic carbocycles. The lowest BCUT2D eigenvalue weighted by Gasteiger charge is -2.50. The van der Waals surface area contributed by atoms with E-state index < -0.39 is 75.4 Å². The van der Waals surface area contributed by atoms with Crippen LogP contribution in [0.3, 0.4) is 0 Å². The highest BCUT2D eigenvalue weighted by Gasteiger charge is 2.70. The fourth-order valence-electron chi connectivity index (χ4n) is 9.29. The average Bonchev–Trinajstić information content (AvgIpc) is 3.52. The van der Waals surface area contributed by atoms with E-state index in [4.69, 9.17) is 34.8 Å². The van der Waals surface area contributed by atoms with Crippen LogP contribution in [0.1, 0.15) is 52.1 Å². The Morgan fingerprint density at radius 1 is 0.839 bits per heavy atom. The van der Waals surface area contributed by atoms with Gasteiger partial charge in [-0.15, -0.1) is 0 Å². The number of carbonyl (C=O) groups excluding carboxylic acids is 4. The second-order valence-electron chi connectivity index (χ2n) is 14.9. The number of anilines is 2. The molecule has 0 bridgehead atoms. The van der Waals surface area contributed by atoms with Crippen LogP contribution in [0.4, 0.5) is 24.7 Å². The molecule has 3 heterocycles. The number of aromatic nitrogens is 1. The number of phenols is 1. The Morgan fingerprint density at radius 3 is 2.14 bits per heavy atom. The van der Waals surface area contributed by atoms with Crippen LogP contribution in [-0.2, 0) is 30.8 Å². The molecule has 0 unspecified atom stereocenters. The maximum Gasteiger partial charge on any atom is 0.417 e. The molecule has 1 saturated carbocycles. The molecule has 8 rings (SSSR count). The summed E-state index contributed by atoms with van der Waals surface area (Å²) in [7, 11) is 0. The first-order chi connectivity index (χ1) is 26.4. The van der Waals surface area contributed by atoms with E-state index in [1.807, 2.05) is 6.08 Å². The molecule has 0 radical (unpaired) electrons. The van der Waals surface area contributed by atoms with Crippen molar-refractivity contribution in [2.45, 2.75) is 51.1 Å². The smallest absolute Gasteiger partial charge is 0.417 e. The number of phenolic OH excluding ortho intramolecular Hbond substituents is 1. The third kappa shape index (κ3) is 5.62. The zero-order valence-electron chi connectivity index (χ0n) is 29.9. The van der Waals surface area contributed by atoms with Crippen molar-refractivity contribution in [1.82, 2.24) is 9.99 Å². The molecule has 56 heavy (non-hydrogen) atoms. The monoisotopic (exact) mass is 822 g/mol. The van der Waals surface area contributed by atoms with Gasteiger partial charge in [0.1, 0.15) is 5.75 Å². The molecular formula is C41H32Cl3F3N4O5. The number of carbonyl (C=O) groups is 4. The van der Waals surface area contributed by atoms with Crippen LogP contribution in [0.15, 0.2) is 78.5 Å². The van der Waals surface area contributed by atoms with E-state index in [9.17, 15) is 32.7 Å². The number of imide groups is 2. The number of aromatic hydroxyl groups is 1. The minimum absolute atomic E-state index is 0.0411. The summed E-state index contributed by atoms with van der Waals surface area (Å²) < 4.78 is 40.5. The first kappa shape index (κ1) is 38.0. The van der Waals surface area contributed by atoms with Crippen LogP contribution in [-0.4, -0.2) is 38.7 Å². The third-order valence-corrected chi connectivity index (χ3v) is 12.8. The molecule has 3 fully saturated rings. The number of aryl methyl sites for hydroxylation is 3. The SMILES string of the molecule is Cc1ccc(N2C(=O)[C@H]3[C@H](CC=C4[C@H]3C[C@H]3C(=O)N(Nc5ncc(C(F)(F)F)cc5Cl)C(=O)[C@@]3(c3ccc(Cl)cc3)[C@H]4c3cc(C)c(O)c(C)c3)C2=O)cc1Cl. The molecular weight excluding hydrogens is 792 g/mol. The molecule has 2 N–H and O–H groups in total. The van der Waals surface area contributed by atoms with Crippen LogP contribution < -0.4 is 10.3 Å². The molecule has 2 saturated heterocycles. The highest BCUT2D eigenvalue weighted by Crippen LogP contribution is 2.64. The van der Waals surface area contributed by atoms with Gasteiger partial charge < -0.3 is 5.11 Å². The number of nitrogens with one attached hydrogen (secondary N) is 1. The van der Waals surface area contributed by atoms with Gasteiger partial charge in [-0.2, -0.15) is 18.2 Å². The second-order valence-corrected chi connectivity index (χ2v) is 16.1. The van der Waals surface area contributed by atoms with Crippen molar-refractivity contribution in [3.63, 3.8) is 0 Å². The molecule has 4 aliphatic rings. The molecule has 15 heteroatoms. The molecule has 1 aromatic heterocycles. The standard InChI is InChI=1S/C41H32Cl3F3N4O5/c1-18-4-9-25(15-30(18)43)50-36(53)27-11-10-26-28(32(27)38(50)55)16-29-37(54)51(49-35-31(44)14-23(17-48-35)41(45,46)47)39(56)40(29,22-5-7-24(42)8-6-22)33(26)21-12-19(2)34(52)20(3)13-21/h4-10,12-15,17,27-29,32-33,52H,11,16H2,1-3H3,(H,48,49)/t27-,28+,29-,32-,33-,40+/m0/s1. The van der Waals surface area contributed by atoms with Crippen LogP contribution in [0.25, 0.3) is 0 Å². The van der Waals surface area contributed by atoms with E-state index in [0.29, 0.717) is 55.8 Å². The van der Waals surface area contributed by atoms with E-state index in [1.54, 1.807) is 75.4 Å². The lowest BCUT2D eigenvalue weighted by Crippen LogP contribution is -2.53. The predicted molar refractivity (Wildman–Crippen MR) is 203 cm³/mol. The van der Waals surface area contributed by atoms with Crippen LogP contribution in [0, 0.1) is 44.4 Å². The highest BCUT2D eigenvalue weighted by molar-refractivity contribution is 6.33. The van der Waals surface area contributed by atoms with Crippen molar-refractivity contribution in [3.05, 3.63) is 127 Å². The number of alkyl halides is 3. The van der Waals surface area contributed by atoms with Crippen molar-refractivity contribution in [2.75, 3.05) is 10.3 Å². The fraction of sp³-hybridized carbons (Fsp3) is 0.293. The number of allylic oxidation sites excluding steroid dienone is 2. The summed E-state index contributed by atoms with van der Waals surface area (Å²) in [6.07, 6.45) is -2.19. The number of hydrazine groups is 1. The van der Waals surface area contributed by atoms with Crippen LogP contribution in [0.2, 0.25) is 15.1 Å². The third-order valence-electron chi connectivity index (χ3n) is 11.8. The van der Waals surface area contributed by atoms with E-state index in [1.165, 1.54) is 0 Å². The first-order valence-corrected chi connectivity index (χ1v) is 18.9. The van der Waals surface area contributed by atoms with Gasteiger partial charge in [-0.25, -0.2) is 9.88 Å². The van der Waals surface area contributed by atoms with E-state index >= 15 is 4.79 Å². The number of benzene rings is 3. The molecule has 288 valence electrons. The molecule has 3 aromatic carbocycles. The lowest BCUT2D eigenvalue weighted by atomic mass is 9.49. The number of fused-ring (bicyclic) bond motifs is 4. The Bertz CT molecular complexity index is 2400. The number of hydrogen-bond acceptors (Lipinski definition) is 7. The first-order valence-electron chi connectivity index (χ1n) is 17.7. The summed E-state index contributed by atoms with van der Waals surface area (Å²) in [6, 6.07) is 15.6. The molecule has 4 amide bonds. The van der Waals surface area contributed by atoms with Crippen molar-refractivity contribution in [1.29, 1.82) is 0 Å². The Morgan fingerprint density at radius 2 is 1.52 bits per heavy atom. The maximum absolute atomic E-state index is 15.4. The van der Waals surface area contributed by atoms with Gasteiger partial charge in [0, 0.05) is 22.2 Å². The number of halogens is 6. The fourth-order valence-corrected chi connectivity index (χ4v) is 9.80. The minimum Gasteiger partial charge on any atom is -0.507 e. The highest BCUT2D eigenvalue weighted by atomic mass is 35.5. The molecule has 2 aliphatic heterocycles. The zero-order chi connectivity index (χ0) is 40.2. The number of pyridine rings is 1. The Balaban J connectivity index is 1.32. The number of rotatable bonds is 5. The number of nitrogens with zero attached hydrogens (tertiary/aromatic N) is 3. The van der Waals surface area contributed by atoms with Gasteiger partial charge >= 0.3 is 6.18 Å². The van der Waals surface area contributed by atoms with Gasteiger partial charge in [-0.1, -0.05) is 76.8 Å². The van der Waals surface area contributed by atoms with Crippen molar-refractivity contribution >= 4 is 69.9 Å². The van der Waals surface area contributed by atoms with Gasteiger partial charge in [0.2, 0.25) is 11.8 Å². The van der Waals surface area contributed by atoms with Gasteiger partial charge in [-0.3, -0.25) is 24.6 Å². The predicted octanol–water partition coefficient (Wildman–Crippen LogP) is 8.88. The van der Waals surface area contributed by atoms with Crippen molar-refractivity contribution < 1.29 is 37.5 Å². The summed E-state index contributed by atoms with van der Waals surface area (Å²) in [4.78, 5) is 63.9. The van der Waals surface area contributed by atoms with Gasteiger partial charge in [0.15, 0.2) is 5.82 Å². The Labute approximate surface area is 334 Å². The van der Waals surface area contributed by atoms with Gasteiger partial charge in [-0.05, 0) is 97.7 Å². The second kappa shape index (κ2) is 13.3. The zero-order valence-corrected chi connectivity index (χ0v) is 32.2. The van der Waals surface area contributed by atoms with Gasteiger partial charge in [0.05, 0.1) is 39.4 Å². The van der Waals surface area contributed by atoms with E-state index in [-0.39, 0.29) is 24.4 Å². The summed E-state index contributed by atoms with van der Waals surface area (Å²) in [5.74, 6) is -7.14. The maximum atomic E-state index is 15.4. The van der Waals surface area contributed by atoms with Gasteiger partial charge in [0.25, 0.3) is 11.8 Å². The molecule has 9 nitrogen and oxygen atoms in total. The molecule has 6 atom stereocenters. The van der Waals surface area contributed by atoms with Crippen molar-refractivity contribution in [3.8, 4) is 5.75 Å². The van der Waals surface area contributed by atoms with E-state index in [2.05, 4.69) is 10.4 Å². The Hall–Kier alpha value is -4.91. The quantitative estimate of drug-likeness (QED) is 0.153. The molecule has 4 aromatic rings. The Kier molecular flexibility index (Phi) is 9.06. The van der Waals surface area contributed by atoms with E-state index in [0.717, 1.165) is 15.5 Å². The normalized spacial score (nSPS) is 25.9. The summed E-state index contributed by atoms with van der Waals surface area (Å²) in [5.41, 5.74) is 3.53. The lowest BCUT2D eigenvalue weighted by molar-refractivity contribution is -0.139. The summed E-state index contributed by atoms with van der Waals surface area (Å²) >= 11 is 19.1. The molecule has 0 spiro atoms. The summed E-state index contributed by atoms with van der Waals surface area (Å²) in [6.45, 7) is 5.22. The van der Waals surface area contributed by atoms with Crippen molar-refractivity contribution in [2.24, 2.45) is 23.7 Å². The minimum atomic E-state index is -4.75.